The van der Waals surface area contributed by atoms with Gasteiger partial charge in [-0.15, -0.1) is 0 Å². The molecule has 142 valence electrons. The molecule has 1 spiro atoms. The molecule has 27 heavy (non-hydrogen) atoms. The van der Waals surface area contributed by atoms with Gasteiger partial charge in [0, 0.05) is 12.5 Å². The number of nitrogens with one attached hydrogen (secondary N) is 2. The monoisotopic (exact) mass is 388 g/mol. The highest BCUT2D eigenvalue weighted by atomic mass is 35.5. The molecule has 2 atom stereocenters. The molecule has 1 aliphatic heterocycles. The van der Waals surface area contributed by atoms with Crippen molar-refractivity contribution in [2.75, 3.05) is 20.2 Å². The van der Waals surface area contributed by atoms with Crippen LogP contribution in [0.1, 0.15) is 40.4 Å². The summed E-state index contributed by atoms with van der Waals surface area (Å²) >= 11 is 6.08. The van der Waals surface area contributed by atoms with Gasteiger partial charge in [-0.05, 0) is 49.2 Å². The first-order valence-electron chi connectivity index (χ1n) is 9.16. The van der Waals surface area contributed by atoms with Crippen LogP contribution in [-0.2, 0) is 10.2 Å². The molecule has 1 heterocycles. The highest BCUT2D eigenvalue weighted by molar-refractivity contribution is 6.33. The highest BCUT2D eigenvalue weighted by Crippen LogP contribution is 2.51. The molecule has 0 bridgehead atoms. The minimum Gasteiger partial charge on any atom is -0.378 e. The van der Waals surface area contributed by atoms with Gasteiger partial charge in [-0.3, -0.25) is 4.79 Å². The van der Waals surface area contributed by atoms with Gasteiger partial charge in [-0.1, -0.05) is 41.9 Å². The first-order valence-corrected chi connectivity index (χ1v) is 9.54. The largest absolute Gasteiger partial charge is 0.378 e. The molecule has 0 aromatic heterocycles. The van der Waals surface area contributed by atoms with E-state index >= 15 is 0 Å². The van der Waals surface area contributed by atoms with Crippen molar-refractivity contribution in [1.29, 1.82) is 0 Å². The lowest BCUT2D eigenvalue weighted by Crippen LogP contribution is -2.49. The first kappa shape index (κ1) is 18.4. The number of hydrogen-bond acceptors (Lipinski definition) is 3. The van der Waals surface area contributed by atoms with Crippen LogP contribution in [-0.4, -0.2) is 32.2 Å². The normalized spacial score (nSPS) is 23.2. The lowest BCUT2D eigenvalue weighted by Gasteiger charge is -2.40. The number of rotatable bonds is 3. The van der Waals surface area contributed by atoms with Gasteiger partial charge in [-0.25, -0.2) is 4.39 Å². The summed E-state index contributed by atoms with van der Waals surface area (Å²) in [4.78, 5) is 12.9. The van der Waals surface area contributed by atoms with E-state index in [-0.39, 0.29) is 28.1 Å². The average Bonchev–Trinajstić information content (AvgIpc) is 2.91. The predicted octanol–water partition coefficient (Wildman–Crippen LogP) is 3.60. The number of hydrogen-bond donors (Lipinski definition) is 2. The van der Waals surface area contributed by atoms with Crippen LogP contribution < -0.4 is 10.6 Å². The van der Waals surface area contributed by atoms with Crippen molar-refractivity contribution in [1.82, 2.24) is 10.6 Å². The minimum absolute atomic E-state index is 0.101. The van der Waals surface area contributed by atoms with Crippen LogP contribution in [0.15, 0.2) is 42.5 Å². The van der Waals surface area contributed by atoms with Crippen molar-refractivity contribution in [3.63, 3.8) is 0 Å². The molecule has 2 aromatic carbocycles. The summed E-state index contributed by atoms with van der Waals surface area (Å²) in [6, 6.07) is 12.0. The third kappa shape index (κ3) is 2.94. The molecule has 1 saturated heterocycles. The topological polar surface area (TPSA) is 50.4 Å². The van der Waals surface area contributed by atoms with Gasteiger partial charge in [0.15, 0.2) is 0 Å². The van der Waals surface area contributed by atoms with Gasteiger partial charge in [-0.2, -0.15) is 0 Å². The van der Waals surface area contributed by atoms with E-state index < -0.39 is 11.7 Å². The Balaban J connectivity index is 1.73. The molecule has 0 saturated carbocycles. The van der Waals surface area contributed by atoms with E-state index in [9.17, 15) is 9.18 Å². The van der Waals surface area contributed by atoms with Crippen molar-refractivity contribution in [2.45, 2.75) is 30.4 Å². The van der Waals surface area contributed by atoms with Crippen LogP contribution in [0.5, 0.6) is 0 Å². The Morgan fingerprint density at radius 2 is 1.96 bits per heavy atom. The Bertz CT molecular complexity index is 847. The average molecular weight is 389 g/mol. The van der Waals surface area contributed by atoms with Crippen LogP contribution in [0.25, 0.3) is 0 Å². The molecule has 0 unspecified atom stereocenters. The maximum Gasteiger partial charge on any atom is 0.256 e. The molecule has 0 radical (unpaired) electrons. The van der Waals surface area contributed by atoms with E-state index in [0.29, 0.717) is 0 Å². The van der Waals surface area contributed by atoms with Crippen molar-refractivity contribution >= 4 is 17.5 Å². The summed E-state index contributed by atoms with van der Waals surface area (Å²) in [5.74, 6) is -1.15. The standard InChI is InChI=1S/C21H22ClFN2O2/c1-27-19-18(25-20(26)17-15(22)7-4-8-16(17)23)13-5-2-3-6-14(13)21(19)9-11-24-12-10-21/h2-8,18-19,24H,9-12H2,1H3,(H,25,26)/t18-,19+/m1/s1. The fourth-order valence-corrected chi connectivity index (χ4v) is 4.98. The molecule has 2 aromatic rings. The quantitative estimate of drug-likeness (QED) is 0.844. The van der Waals surface area contributed by atoms with E-state index in [0.717, 1.165) is 31.5 Å². The second-order valence-corrected chi connectivity index (χ2v) is 7.60. The number of methoxy groups -OCH3 is 1. The Kier molecular flexibility index (Phi) is 4.93. The molecule has 4 rings (SSSR count). The smallest absolute Gasteiger partial charge is 0.256 e. The summed E-state index contributed by atoms with van der Waals surface area (Å²) in [6.45, 7) is 1.79. The number of piperidine rings is 1. The van der Waals surface area contributed by atoms with E-state index in [2.05, 4.69) is 16.7 Å². The molecule has 2 aliphatic rings. The Labute approximate surface area is 163 Å². The zero-order chi connectivity index (χ0) is 19.0. The summed E-state index contributed by atoms with van der Waals surface area (Å²) in [5, 5.41) is 6.50. The van der Waals surface area contributed by atoms with Crippen LogP contribution in [0.4, 0.5) is 4.39 Å². The minimum atomic E-state index is -0.628. The summed E-state index contributed by atoms with van der Waals surface area (Å²) in [7, 11) is 1.68. The summed E-state index contributed by atoms with van der Waals surface area (Å²) in [5.41, 5.74) is 1.96. The SMILES string of the molecule is CO[C@H]1[C@H](NC(=O)c2c(F)cccc2Cl)c2ccccc2C12CCNCC2. The van der Waals surface area contributed by atoms with Crippen LogP contribution in [0.2, 0.25) is 5.02 Å². The number of carbonyl (C=O) groups excluding carboxylic acids is 1. The molecular formula is C21H22ClFN2O2. The molecule has 4 nitrogen and oxygen atoms in total. The number of ether oxygens (including phenoxy) is 1. The fourth-order valence-electron chi connectivity index (χ4n) is 4.73. The van der Waals surface area contributed by atoms with E-state index in [1.54, 1.807) is 7.11 Å². The second-order valence-electron chi connectivity index (χ2n) is 7.20. The van der Waals surface area contributed by atoms with Crippen molar-refractivity contribution < 1.29 is 13.9 Å². The lowest BCUT2D eigenvalue weighted by atomic mass is 9.72. The fraction of sp³-hybridized carbons (Fsp3) is 0.381. The third-order valence-electron chi connectivity index (χ3n) is 5.91. The Morgan fingerprint density at radius 1 is 1.22 bits per heavy atom. The van der Waals surface area contributed by atoms with Crippen molar-refractivity contribution in [2.24, 2.45) is 0 Å². The zero-order valence-electron chi connectivity index (χ0n) is 15.1. The Hall–Kier alpha value is -1.95. The van der Waals surface area contributed by atoms with E-state index in [1.807, 2.05) is 18.2 Å². The van der Waals surface area contributed by atoms with Gasteiger partial charge >= 0.3 is 0 Å². The van der Waals surface area contributed by atoms with Gasteiger partial charge in [0.25, 0.3) is 5.91 Å². The number of halogens is 2. The van der Waals surface area contributed by atoms with E-state index in [1.165, 1.54) is 23.8 Å². The molecule has 2 N–H and O–H groups in total. The van der Waals surface area contributed by atoms with Gasteiger partial charge in [0.05, 0.1) is 22.7 Å². The number of carbonyl (C=O) groups is 1. The number of fused-ring (bicyclic) bond motifs is 2. The van der Waals surface area contributed by atoms with Crippen LogP contribution >= 0.6 is 11.6 Å². The maximum absolute atomic E-state index is 14.2. The van der Waals surface area contributed by atoms with Crippen molar-refractivity contribution in [3.8, 4) is 0 Å². The molecule has 1 fully saturated rings. The zero-order valence-corrected chi connectivity index (χ0v) is 15.9. The molecule has 1 aliphatic carbocycles. The predicted molar refractivity (Wildman–Crippen MR) is 103 cm³/mol. The van der Waals surface area contributed by atoms with Crippen molar-refractivity contribution in [3.05, 3.63) is 70.0 Å². The number of benzene rings is 2. The van der Waals surface area contributed by atoms with E-state index in [4.69, 9.17) is 16.3 Å². The molecule has 1 amide bonds. The highest BCUT2D eigenvalue weighted by Gasteiger charge is 2.53. The first-order chi connectivity index (χ1) is 13.1. The Morgan fingerprint density at radius 3 is 2.67 bits per heavy atom. The number of amides is 1. The van der Waals surface area contributed by atoms with Gasteiger partial charge in [0.1, 0.15) is 5.82 Å². The summed E-state index contributed by atoms with van der Waals surface area (Å²) in [6.07, 6.45) is 1.64. The van der Waals surface area contributed by atoms with Crippen LogP contribution in [0.3, 0.4) is 0 Å². The van der Waals surface area contributed by atoms with Gasteiger partial charge < -0.3 is 15.4 Å². The third-order valence-corrected chi connectivity index (χ3v) is 6.22. The molecule has 6 heteroatoms. The van der Waals surface area contributed by atoms with Crippen LogP contribution in [0, 0.1) is 5.82 Å². The maximum atomic E-state index is 14.2. The lowest BCUT2D eigenvalue weighted by molar-refractivity contribution is 0.00393. The second kappa shape index (κ2) is 7.23. The van der Waals surface area contributed by atoms with Gasteiger partial charge in [0.2, 0.25) is 0 Å². The summed E-state index contributed by atoms with van der Waals surface area (Å²) < 4.78 is 20.1. The molecular weight excluding hydrogens is 367 g/mol.